The zero-order valence-corrected chi connectivity index (χ0v) is 8.39. The molecule has 1 unspecified atom stereocenters. The highest BCUT2D eigenvalue weighted by Crippen LogP contribution is 2.18. The summed E-state index contributed by atoms with van der Waals surface area (Å²) in [5, 5.41) is 17.3. The Morgan fingerprint density at radius 2 is 1.56 bits per heavy atom. The van der Waals surface area contributed by atoms with Crippen LogP contribution in [0.4, 0.5) is 0 Å². The zero-order chi connectivity index (χ0) is 12.3. The van der Waals surface area contributed by atoms with Crippen molar-refractivity contribution in [3.05, 3.63) is 29.3 Å². The minimum Gasteiger partial charge on any atom is -0.740 e. The summed E-state index contributed by atoms with van der Waals surface area (Å²) in [7, 11) is 0. The molecule has 0 saturated carbocycles. The largest absolute Gasteiger partial charge is 0.740 e. The second-order valence-electron chi connectivity index (χ2n) is 2.64. The number of carboxylic acid groups (broad SMARTS) is 2. The molecule has 0 amide bonds. The molecule has 0 heterocycles. The van der Waals surface area contributed by atoms with Crippen LogP contribution >= 0.6 is 0 Å². The molecule has 7 nitrogen and oxygen atoms in total. The number of carbonyl (C=O) groups is 2. The Morgan fingerprint density at radius 3 is 1.88 bits per heavy atom. The van der Waals surface area contributed by atoms with Crippen LogP contribution in [0.3, 0.4) is 0 Å². The van der Waals surface area contributed by atoms with Gasteiger partial charge in [-0.25, -0.2) is 13.8 Å². The Balaban J connectivity index is 3.23. The van der Waals surface area contributed by atoms with Crippen molar-refractivity contribution in [1.29, 1.82) is 0 Å². The van der Waals surface area contributed by atoms with Crippen molar-refractivity contribution in [2.75, 3.05) is 0 Å². The van der Waals surface area contributed by atoms with Gasteiger partial charge in [0.15, 0.2) is 0 Å². The van der Waals surface area contributed by atoms with E-state index in [0.717, 1.165) is 18.2 Å². The van der Waals surface area contributed by atoms with Gasteiger partial charge < -0.3 is 18.9 Å². The van der Waals surface area contributed by atoms with Gasteiger partial charge in [-0.2, -0.15) is 0 Å². The van der Waals surface area contributed by atoms with Crippen LogP contribution < -0.4 is 4.18 Å². The summed E-state index contributed by atoms with van der Waals surface area (Å²) >= 11 is -2.90. The maximum Gasteiger partial charge on any atom is 0.335 e. The average Bonchev–Trinajstić information content (AvgIpc) is 2.15. The smallest absolute Gasteiger partial charge is 0.335 e. The number of rotatable bonds is 4. The normalized spacial score (nSPS) is 11.8. The first-order chi connectivity index (χ1) is 7.40. The van der Waals surface area contributed by atoms with Crippen LogP contribution in [0.1, 0.15) is 20.7 Å². The summed E-state index contributed by atoms with van der Waals surface area (Å²) < 4.78 is 24.6. The van der Waals surface area contributed by atoms with Gasteiger partial charge in [0.2, 0.25) is 0 Å². The molecule has 1 aromatic carbocycles. The van der Waals surface area contributed by atoms with Crippen molar-refractivity contribution in [2.24, 2.45) is 0 Å². The van der Waals surface area contributed by atoms with E-state index < -0.39 is 23.3 Å². The maximum absolute atomic E-state index is 10.6. The van der Waals surface area contributed by atoms with E-state index in [1.165, 1.54) is 0 Å². The molecular formula is C8H5O7S-. The third kappa shape index (κ3) is 3.04. The monoisotopic (exact) mass is 245 g/mol. The highest BCUT2D eigenvalue weighted by molar-refractivity contribution is 7.74. The number of hydrogen-bond donors (Lipinski definition) is 2. The number of aromatic carboxylic acids is 2. The van der Waals surface area contributed by atoms with Crippen molar-refractivity contribution < 1.29 is 32.7 Å². The fourth-order valence-corrected chi connectivity index (χ4v) is 1.23. The molecule has 0 spiro atoms. The van der Waals surface area contributed by atoms with Gasteiger partial charge in [0.25, 0.3) is 0 Å². The van der Waals surface area contributed by atoms with Gasteiger partial charge in [-0.15, -0.1) is 0 Å². The Hall–Kier alpha value is -1.93. The van der Waals surface area contributed by atoms with Crippen molar-refractivity contribution in [3.63, 3.8) is 0 Å². The second kappa shape index (κ2) is 4.73. The maximum atomic E-state index is 10.6. The van der Waals surface area contributed by atoms with Crippen molar-refractivity contribution in [2.45, 2.75) is 0 Å². The van der Waals surface area contributed by atoms with E-state index in [0.29, 0.717) is 0 Å². The quantitative estimate of drug-likeness (QED) is 0.728. The third-order valence-electron chi connectivity index (χ3n) is 1.56. The Labute approximate surface area is 91.8 Å². The van der Waals surface area contributed by atoms with E-state index in [1.807, 2.05) is 0 Å². The summed E-state index contributed by atoms with van der Waals surface area (Å²) in [6.07, 6.45) is 0. The molecule has 1 rings (SSSR count). The lowest BCUT2D eigenvalue weighted by Crippen LogP contribution is -2.05. The number of carboxylic acids is 2. The van der Waals surface area contributed by atoms with Gasteiger partial charge in [-0.1, -0.05) is 0 Å². The molecule has 86 valence electrons. The topological polar surface area (TPSA) is 124 Å². The van der Waals surface area contributed by atoms with Crippen molar-refractivity contribution >= 4 is 23.3 Å². The van der Waals surface area contributed by atoms with Gasteiger partial charge in [0.05, 0.1) is 11.1 Å². The predicted octanol–water partition coefficient (Wildman–Crippen LogP) is 0.256. The molecular weight excluding hydrogens is 240 g/mol. The lowest BCUT2D eigenvalue weighted by Gasteiger charge is -2.08. The van der Waals surface area contributed by atoms with E-state index in [1.54, 1.807) is 0 Å². The van der Waals surface area contributed by atoms with Crippen LogP contribution in [0.2, 0.25) is 0 Å². The molecule has 16 heavy (non-hydrogen) atoms. The molecule has 1 atom stereocenters. The first-order valence-corrected chi connectivity index (χ1v) is 4.79. The summed E-state index contributed by atoms with van der Waals surface area (Å²) in [4.78, 5) is 21.2. The first-order valence-electron chi connectivity index (χ1n) is 3.79. The lowest BCUT2D eigenvalue weighted by atomic mass is 10.1. The minimum absolute atomic E-state index is 0.370. The lowest BCUT2D eigenvalue weighted by molar-refractivity contribution is 0.0696. The van der Waals surface area contributed by atoms with Gasteiger partial charge in [-0.3, -0.25) is 0 Å². The SMILES string of the molecule is O=C(O)c1cc(OS(=O)[O-])cc(C(=O)O)c1. The highest BCUT2D eigenvalue weighted by Gasteiger charge is 2.12. The van der Waals surface area contributed by atoms with E-state index in [-0.39, 0.29) is 16.9 Å². The van der Waals surface area contributed by atoms with Crippen molar-refractivity contribution in [3.8, 4) is 5.75 Å². The van der Waals surface area contributed by atoms with Crippen LogP contribution in [0.25, 0.3) is 0 Å². The van der Waals surface area contributed by atoms with Gasteiger partial charge in [-0.05, 0) is 18.2 Å². The molecule has 1 aromatic rings. The fourth-order valence-electron chi connectivity index (χ4n) is 0.973. The van der Waals surface area contributed by atoms with Crippen LogP contribution in [-0.2, 0) is 11.4 Å². The van der Waals surface area contributed by atoms with Crippen LogP contribution in [0, 0.1) is 0 Å². The summed E-state index contributed by atoms with van der Waals surface area (Å²) in [6, 6.07) is 2.71. The van der Waals surface area contributed by atoms with E-state index >= 15 is 0 Å². The molecule has 0 aliphatic rings. The zero-order valence-electron chi connectivity index (χ0n) is 7.58. The molecule has 0 aromatic heterocycles. The van der Waals surface area contributed by atoms with Crippen LogP contribution in [0.5, 0.6) is 5.75 Å². The molecule has 8 heteroatoms. The molecule has 0 aliphatic heterocycles. The predicted molar refractivity (Wildman–Crippen MR) is 49.9 cm³/mol. The molecule has 0 aliphatic carbocycles. The van der Waals surface area contributed by atoms with Gasteiger partial charge in [0.1, 0.15) is 17.1 Å². The molecule has 0 radical (unpaired) electrons. The molecule has 2 N–H and O–H groups in total. The minimum atomic E-state index is -2.90. The molecule has 0 saturated heterocycles. The number of hydrogen-bond acceptors (Lipinski definition) is 5. The Bertz CT molecular complexity index is 435. The van der Waals surface area contributed by atoms with Crippen LogP contribution in [-0.4, -0.2) is 30.9 Å². The average molecular weight is 245 g/mol. The van der Waals surface area contributed by atoms with Crippen molar-refractivity contribution in [1.82, 2.24) is 0 Å². The van der Waals surface area contributed by atoms with E-state index in [4.69, 9.17) is 10.2 Å². The summed E-state index contributed by atoms with van der Waals surface area (Å²) in [6.45, 7) is 0. The Morgan fingerprint density at radius 1 is 1.12 bits per heavy atom. The fraction of sp³-hybridized carbons (Fsp3) is 0. The number of benzene rings is 1. The summed E-state index contributed by atoms with van der Waals surface area (Å²) in [5.74, 6) is -3.14. The second-order valence-corrected chi connectivity index (χ2v) is 3.22. The van der Waals surface area contributed by atoms with Gasteiger partial charge >= 0.3 is 11.9 Å². The Kier molecular flexibility index (Phi) is 3.59. The van der Waals surface area contributed by atoms with E-state index in [2.05, 4.69) is 4.18 Å². The molecule has 0 bridgehead atoms. The van der Waals surface area contributed by atoms with Gasteiger partial charge in [0, 0.05) is 0 Å². The standard InChI is InChI=1S/C8H6O7S/c9-7(10)4-1-5(8(11)12)3-6(2-4)15-16(13)14/h1-3H,(H,9,10)(H,11,12)(H,13,14)/p-1. The summed E-state index contributed by atoms with van der Waals surface area (Å²) in [5.41, 5.74) is -0.749. The van der Waals surface area contributed by atoms with Crippen LogP contribution in [0.15, 0.2) is 18.2 Å². The third-order valence-corrected chi connectivity index (χ3v) is 1.89. The molecule has 0 fully saturated rings. The highest BCUT2D eigenvalue weighted by atomic mass is 32.2. The van der Waals surface area contributed by atoms with E-state index in [9.17, 15) is 18.4 Å². The first kappa shape index (κ1) is 12.1.